The lowest BCUT2D eigenvalue weighted by molar-refractivity contribution is 0.0286. The highest BCUT2D eigenvalue weighted by atomic mass is 35.5. The lowest BCUT2D eigenvalue weighted by atomic mass is 9.98. The summed E-state index contributed by atoms with van der Waals surface area (Å²) in [6, 6.07) is 0.984. The molecule has 7 heteroatoms. The summed E-state index contributed by atoms with van der Waals surface area (Å²) in [5.74, 6) is -1.10. The van der Waals surface area contributed by atoms with Gasteiger partial charge in [-0.25, -0.2) is 4.39 Å². The van der Waals surface area contributed by atoms with Crippen LogP contribution in [-0.2, 0) is 0 Å². The third-order valence-corrected chi connectivity index (χ3v) is 5.15. The van der Waals surface area contributed by atoms with E-state index < -0.39 is 5.82 Å². The van der Waals surface area contributed by atoms with Crippen molar-refractivity contribution in [1.29, 1.82) is 0 Å². The zero-order valence-corrected chi connectivity index (χ0v) is 12.7. The van der Waals surface area contributed by atoms with Gasteiger partial charge in [-0.1, -0.05) is 23.2 Å². The molecular formula is C14H15Cl2FN2O2. The molecule has 2 aliphatic rings. The Morgan fingerprint density at radius 3 is 2.43 bits per heavy atom. The zero-order valence-electron chi connectivity index (χ0n) is 11.2. The summed E-state index contributed by atoms with van der Waals surface area (Å²) in [4.78, 5) is 14.4. The van der Waals surface area contributed by atoms with E-state index in [1.165, 1.54) is 0 Å². The van der Waals surface area contributed by atoms with Crippen LogP contribution in [0.25, 0.3) is 0 Å². The number of nitrogens with zero attached hydrogens (tertiary/aromatic N) is 1. The molecule has 0 aliphatic carbocycles. The number of hydrogen-bond donors (Lipinski definition) is 2. The molecular weight excluding hydrogens is 318 g/mol. The molecule has 2 saturated heterocycles. The molecule has 21 heavy (non-hydrogen) atoms. The number of carbonyl (C=O) groups excluding carboxylic acids is 1. The van der Waals surface area contributed by atoms with E-state index in [0.717, 1.165) is 18.9 Å². The summed E-state index contributed by atoms with van der Waals surface area (Å²) in [6.07, 6.45) is 2.40. The molecule has 0 radical (unpaired) electrons. The summed E-state index contributed by atoms with van der Waals surface area (Å²) < 4.78 is 13.7. The van der Waals surface area contributed by atoms with Crippen molar-refractivity contribution in [2.75, 3.05) is 5.73 Å². The number of benzene rings is 1. The number of aliphatic hydroxyl groups excluding tert-OH is 1. The van der Waals surface area contributed by atoms with Crippen LogP contribution in [0.2, 0.25) is 10.0 Å². The van der Waals surface area contributed by atoms with Crippen molar-refractivity contribution >= 4 is 34.8 Å². The summed E-state index contributed by atoms with van der Waals surface area (Å²) in [5, 5.41) is 9.49. The van der Waals surface area contributed by atoms with Crippen LogP contribution in [0.1, 0.15) is 36.0 Å². The van der Waals surface area contributed by atoms with Gasteiger partial charge in [0.15, 0.2) is 0 Å². The summed E-state index contributed by atoms with van der Waals surface area (Å²) >= 11 is 11.7. The maximum absolute atomic E-state index is 13.7. The minimum absolute atomic E-state index is 0.0167. The third kappa shape index (κ3) is 2.37. The van der Waals surface area contributed by atoms with Crippen LogP contribution in [0.4, 0.5) is 10.1 Å². The largest absolute Gasteiger partial charge is 0.396 e. The molecule has 1 aromatic rings. The Morgan fingerprint density at radius 1 is 1.29 bits per heavy atom. The quantitative estimate of drug-likeness (QED) is 0.613. The average Bonchev–Trinajstić information content (AvgIpc) is 2.72. The summed E-state index contributed by atoms with van der Waals surface area (Å²) in [5.41, 5.74) is 5.56. The van der Waals surface area contributed by atoms with Crippen molar-refractivity contribution in [1.82, 2.24) is 4.90 Å². The lowest BCUT2D eigenvalue weighted by Gasteiger charge is -2.37. The predicted octanol–water partition coefficient (Wildman–Crippen LogP) is 2.84. The number of amides is 1. The van der Waals surface area contributed by atoms with Gasteiger partial charge in [0.1, 0.15) is 10.8 Å². The first-order valence-electron chi connectivity index (χ1n) is 6.83. The smallest absolute Gasteiger partial charge is 0.256 e. The fourth-order valence-corrected chi connectivity index (χ4v) is 3.83. The van der Waals surface area contributed by atoms with E-state index in [-0.39, 0.29) is 45.4 Å². The number of nitrogens with two attached hydrogens (primary N) is 1. The second-order valence-electron chi connectivity index (χ2n) is 5.67. The number of anilines is 1. The lowest BCUT2D eigenvalue weighted by Crippen LogP contribution is -2.48. The maximum Gasteiger partial charge on any atom is 0.256 e. The van der Waals surface area contributed by atoms with Crippen molar-refractivity contribution in [3.8, 4) is 0 Å². The number of piperidine rings is 1. The number of fused-ring (bicyclic) bond motifs is 2. The molecule has 3 rings (SSSR count). The van der Waals surface area contributed by atoms with Crippen molar-refractivity contribution in [2.24, 2.45) is 0 Å². The molecule has 1 amide bonds. The Labute approximate surface area is 131 Å². The first-order valence-corrected chi connectivity index (χ1v) is 7.59. The van der Waals surface area contributed by atoms with E-state index in [1.807, 2.05) is 0 Å². The first kappa shape index (κ1) is 14.9. The monoisotopic (exact) mass is 332 g/mol. The number of halogens is 3. The number of aliphatic hydroxyl groups is 1. The summed E-state index contributed by atoms with van der Waals surface area (Å²) in [6.45, 7) is 0. The van der Waals surface area contributed by atoms with Gasteiger partial charge < -0.3 is 15.7 Å². The second-order valence-corrected chi connectivity index (χ2v) is 6.43. The van der Waals surface area contributed by atoms with Gasteiger partial charge in [0, 0.05) is 12.1 Å². The number of hydrogen-bond acceptors (Lipinski definition) is 3. The van der Waals surface area contributed by atoms with E-state index >= 15 is 0 Å². The van der Waals surface area contributed by atoms with E-state index in [2.05, 4.69) is 0 Å². The molecule has 0 saturated carbocycles. The van der Waals surface area contributed by atoms with Crippen molar-refractivity contribution < 1.29 is 14.3 Å². The Bertz CT molecular complexity index is 597. The standard InChI is InChI=1S/C14H15Cl2FN2O2/c15-11-9(5-10(17)12(16)13(11)18)14(21)19-6-1-2-7(19)4-8(20)3-6/h5-8,20H,1-4,18H2. The molecule has 2 bridgehead atoms. The average molecular weight is 333 g/mol. The van der Waals surface area contributed by atoms with Crippen molar-refractivity contribution in [3.63, 3.8) is 0 Å². The van der Waals surface area contributed by atoms with Gasteiger partial charge in [0.2, 0.25) is 0 Å². The second kappa shape index (κ2) is 5.30. The van der Waals surface area contributed by atoms with Crippen molar-refractivity contribution in [3.05, 3.63) is 27.5 Å². The van der Waals surface area contributed by atoms with Crippen LogP contribution in [0.3, 0.4) is 0 Å². The van der Waals surface area contributed by atoms with Gasteiger partial charge in [-0.15, -0.1) is 0 Å². The van der Waals surface area contributed by atoms with Crippen LogP contribution in [-0.4, -0.2) is 34.1 Å². The van der Waals surface area contributed by atoms with Crippen LogP contribution < -0.4 is 5.73 Å². The molecule has 0 aromatic heterocycles. The Hall–Kier alpha value is -1.04. The van der Waals surface area contributed by atoms with E-state index in [4.69, 9.17) is 28.9 Å². The van der Waals surface area contributed by atoms with Gasteiger partial charge in [0.05, 0.1) is 22.4 Å². The van der Waals surface area contributed by atoms with E-state index in [9.17, 15) is 14.3 Å². The van der Waals surface area contributed by atoms with Crippen LogP contribution in [0, 0.1) is 5.82 Å². The zero-order chi connectivity index (χ0) is 15.3. The van der Waals surface area contributed by atoms with Gasteiger partial charge in [0.25, 0.3) is 5.91 Å². The Balaban J connectivity index is 1.97. The minimum atomic E-state index is -0.758. The number of carbonyl (C=O) groups is 1. The molecule has 2 unspecified atom stereocenters. The van der Waals surface area contributed by atoms with Crippen molar-refractivity contribution in [2.45, 2.75) is 43.9 Å². The Morgan fingerprint density at radius 2 is 1.86 bits per heavy atom. The highest BCUT2D eigenvalue weighted by Crippen LogP contribution is 2.39. The fourth-order valence-electron chi connectivity index (χ4n) is 3.40. The molecule has 4 nitrogen and oxygen atoms in total. The Kier molecular flexibility index (Phi) is 3.76. The van der Waals surface area contributed by atoms with Crippen LogP contribution in [0.5, 0.6) is 0 Å². The molecule has 114 valence electrons. The molecule has 2 heterocycles. The number of nitrogen functional groups attached to an aromatic ring is 1. The molecule has 1 aromatic carbocycles. The van der Waals surface area contributed by atoms with Gasteiger partial charge >= 0.3 is 0 Å². The first-order chi connectivity index (χ1) is 9.90. The molecule has 2 atom stereocenters. The normalized spacial score (nSPS) is 28.0. The molecule has 2 fully saturated rings. The van der Waals surface area contributed by atoms with Gasteiger partial charge in [-0.05, 0) is 31.7 Å². The number of rotatable bonds is 1. The highest BCUT2D eigenvalue weighted by molar-refractivity contribution is 6.40. The predicted molar refractivity (Wildman–Crippen MR) is 79.1 cm³/mol. The van der Waals surface area contributed by atoms with Crippen LogP contribution in [0.15, 0.2) is 6.07 Å². The van der Waals surface area contributed by atoms with Crippen LogP contribution >= 0.6 is 23.2 Å². The molecule has 3 N–H and O–H groups in total. The summed E-state index contributed by atoms with van der Waals surface area (Å²) in [7, 11) is 0. The topological polar surface area (TPSA) is 66.6 Å². The maximum atomic E-state index is 13.7. The molecule has 2 aliphatic heterocycles. The highest BCUT2D eigenvalue weighted by Gasteiger charge is 2.43. The SMILES string of the molecule is Nc1c(Cl)c(F)cc(C(=O)N2C3CCC2CC(O)C3)c1Cl. The minimum Gasteiger partial charge on any atom is -0.396 e. The molecule has 0 spiro atoms. The van der Waals surface area contributed by atoms with Gasteiger partial charge in [-0.3, -0.25) is 4.79 Å². The van der Waals surface area contributed by atoms with Gasteiger partial charge in [-0.2, -0.15) is 0 Å². The third-order valence-electron chi connectivity index (χ3n) is 4.36. The van der Waals surface area contributed by atoms with E-state index in [1.54, 1.807) is 4.90 Å². The fraction of sp³-hybridized carbons (Fsp3) is 0.500. The van der Waals surface area contributed by atoms with E-state index in [0.29, 0.717) is 12.8 Å².